The SMILES string of the molecule is CCN(C(=O)c1cc(-c2cc(OC)c(OC)c(OC)c2)nc2ccccc12)c1ccccc1C. The van der Waals surface area contributed by atoms with E-state index in [9.17, 15) is 4.79 Å². The average Bonchev–Trinajstić information content (AvgIpc) is 2.88. The van der Waals surface area contributed by atoms with Crippen LogP contribution in [-0.4, -0.2) is 38.8 Å². The lowest BCUT2D eigenvalue weighted by Gasteiger charge is -2.24. The summed E-state index contributed by atoms with van der Waals surface area (Å²) in [4.78, 5) is 20.6. The Morgan fingerprint density at radius 1 is 0.882 bits per heavy atom. The Bertz CT molecular complexity index is 1320. The first-order valence-electron chi connectivity index (χ1n) is 11.1. The maximum absolute atomic E-state index is 13.9. The van der Waals surface area contributed by atoms with Crippen LogP contribution >= 0.6 is 0 Å². The van der Waals surface area contributed by atoms with Crippen LogP contribution in [0, 0.1) is 6.92 Å². The standard InChI is InChI=1S/C28H28N2O4/c1-6-30(24-14-10-7-11-18(24)2)28(31)21-17-23(29-22-13-9-8-12-20(21)22)19-15-25(32-3)27(34-5)26(16-19)33-4/h7-17H,6H2,1-5H3. The number of hydrogen-bond acceptors (Lipinski definition) is 5. The van der Waals surface area contributed by atoms with Gasteiger partial charge in [0.1, 0.15) is 0 Å². The summed E-state index contributed by atoms with van der Waals surface area (Å²) in [7, 11) is 4.71. The Hall–Kier alpha value is -4.06. The zero-order valence-corrected chi connectivity index (χ0v) is 20.1. The van der Waals surface area contributed by atoms with Crippen LogP contribution < -0.4 is 19.1 Å². The second-order valence-corrected chi connectivity index (χ2v) is 7.82. The van der Waals surface area contributed by atoms with Crippen LogP contribution in [0.25, 0.3) is 22.2 Å². The highest BCUT2D eigenvalue weighted by molar-refractivity contribution is 6.14. The van der Waals surface area contributed by atoms with Gasteiger partial charge in [-0.3, -0.25) is 4.79 Å². The largest absolute Gasteiger partial charge is 0.493 e. The number of hydrogen-bond donors (Lipinski definition) is 0. The molecule has 0 aliphatic carbocycles. The number of pyridine rings is 1. The number of rotatable bonds is 7. The molecule has 6 nitrogen and oxygen atoms in total. The number of fused-ring (bicyclic) bond motifs is 1. The van der Waals surface area contributed by atoms with Crippen LogP contribution in [0.4, 0.5) is 5.69 Å². The number of benzene rings is 3. The summed E-state index contributed by atoms with van der Waals surface area (Å²) in [5.74, 6) is 1.47. The monoisotopic (exact) mass is 456 g/mol. The first-order valence-corrected chi connectivity index (χ1v) is 11.1. The molecule has 0 bridgehead atoms. The van der Waals surface area contributed by atoms with Crippen molar-refractivity contribution in [3.8, 4) is 28.5 Å². The average molecular weight is 457 g/mol. The van der Waals surface area contributed by atoms with Gasteiger partial charge in [0.15, 0.2) is 11.5 Å². The van der Waals surface area contributed by atoms with E-state index in [0.29, 0.717) is 35.1 Å². The summed E-state index contributed by atoms with van der Waals surface area (Å²) in [6.07, 6.45) is 0. The van der Waals surface area contributed by atoms with Gasteiger partial charge in [-0.1, -0.05) is 36.4 Å². The maximum Gasteiger partial charge on any atom is 0.259 e. The van der Waals surface area contributed by atoms with E-state index >= 15 is 0 Å². The van der Waals surface area contributed by atoms with Crippen molar-refractivity contribution in [2.24, 2.45) is 0 Å². The molecule has 6 heteroatoms. The molecule has 34 heavy (non-hydrogen) atoms. The molecule has 0 saturated carbocycles. The molecule has 0 spiro atoms. The van der Waals surface area contributed by atoms with Gasteiger partial charge in [-0.05, 0) is 49.7 Å². The van der Waals surface area contributed by atoms with E-state index in [1.54, 1.807) is 26.2 Å². The number of methoxy groups -OCH3 is 3. The minimum absolute atomic E-state index is 0.0795. The predicted octanol–water partition coefficient (Wildman–Crippen LogP) is 5.90. The molecule has 0 aliphatic heterocycles. The Kier molecular flexibility index (Phi) is 6.68. The summed E-state index contributed by atoms with van der Waals surface area (Å²) < 4.78 is 16.5. The normalized spacial score (nSPS) is 10.7. The van der Waals surface area contributed by atoms with E-state index in [4.69, 9.17) is 19.2 Å². The lowest BCUT2D eigenvalue weighted by molar-refractivity contribution is 0.0989. The number of nitrogens with zero attached hydrogens (tertiary/aromatic N) is 2. The zero-order chi connectivity index (χ0) is 24.2. The molecular weight excluding hydrogens is 428 g/mol. The van der Waals surface area contributed by atoms with Crippen molar-refractivity contribution >= 4 is 22.5 Å². The summed E-state index contributed by atoms with van der Waals surface area (Å²) in [5.41, 5.74) is 4.65. The minimum Gasteiger partial charge on any atom is -0.493 e. The zero-order valence-electron chi connectivity index (χ0n) is 20.1. The molecule has 0 fully saturated rings. The van der Waals surface area contributed by atoms with Crippen LogP contribution in [-0.2, 0) is 0 Å². The second kappa shape index (κ2) is 9.83. The van der Waals surface area contributed by atoms with Crippen LogP contribution in [0.2, 0.25) is 0 Å². The molecule has 0 unspecified atom stereocenters. The molecule has 4 aromatic rings. The molecule has 3 aromatic carbocycles. The van der Waals surface area contributed by atoms with Crippen molar-refractivity contribution in [2.45, 2.75) is 13.8 Å². The van der Waals surface area contributed by atoms with Crippen LogP contribution in [0.1, 0.15) is 22.8 Å². The van der Waals surface area contributed by atoms with Gasteiger partial charge in [0.2, 0.25) is 5.75 Å². The van der Waals surface area contributed by atoms with Crippen molar-refractivity contribution in [3.63, 3.8) is 0 Å². The number of para-hydroxylation sites is 2. The molecule has 0 radical (unpaired) electrons. The summed E-state index contributed by atoms with van der Waals surface area (Å²) in [6, 6.07) is 21.1. The van der Waals surface area contributed by atoms with Gasteiger partial charge < -0.3 is 19.1 Å². The summed E-state index contributed by atoms with van der Waals surface area (Å²) >= 11 is 0. The topological polar surface area (TPSA) is 60.9 Å². The molecule has 0 saturated heterocycles. The van der Waals surface area contributed by atoms with Crippen LogP contribution in [0.3, 0.4) is 0 Å². The number of carbonyl (C=O) groups excluding carboxylic acids is 1. The van der Waals surface area contributed by atoms with Crippen molar-refractivity contribution in [1.29, 1.82) is 0 Å². The molecule has 174 valence electrons. The highest BCUT2D eigenvalue weighted by Gasteiger charge is 2.22. The van der Waals surface area contributed by atoms with E-state index in [-0.39, 0.29) is 5.91 Å². The lowest BCUT2D eigenvalue weighted by Crippen LogP contribution is -2.31. The van der Waals surface area contributed by atoms with Crippen LogP contribution in [0.5, 0.6) is 17.2 Å². The van der Waals surface area contributed by atoms with E-state index in [0.717, 1.165) is 27.7 Å². The molecular formula is C28H28N2O4. The third kappa shape index (κ3) is 4.15. The van der Waals surface area contributed by atoms with E-state index in [1.807, 2.05) is 80.6 Å². The van der Waals surface area contributed by atoms with Crippen molar-refractivity contribution in [2.75, 3.05) is 32.8 Å². The van der Waals surface area contributed by atoms with E-state index < -0.39 is 0 Å². The summed E-state index contributed by atoms with van der Waals surface area (Å²) in [5, 5.41) is 0.802. The maximum atomic E-state index is 13.9. The lowest BCUT2D eigenvalue weighted by atomic mass is 10.0. The van der Waals surface area contributed by atoms with Crippen molar-refractivity contribution < 1.29 is 19.0 Å². The number of ether oxygens (including phenoxy) is 3. The first kappa shape index (κ1) is 23.1. The molecule has 0 N–H and O–H groups in total. The minimum atomic E-state index is -0.0795. The fraction of sp³-hybridized carbons (Fsp3) is 0.214. The number of carbonyl (C=O) groups is 1. The Morgan fingerprint density at radius 2 is 1.53 bits per heavy atom. The van der Waals surface area contributed by atoms with Gasteiger partial charge in [0.05, 0.1) is 38.1 Å². The fourth-order valence-corrected chi connectivity index (χ4v) is 4.16. The fourth-order valence-electron chi connectivity index (χ4n) is 4.16. The predicted molar refractivity (Wildman–Crippen MR) is 135 cm³/mol. The molecule has 1 heterocycles. The van der Waals surface area contributed by atoms with Crippen molar-refractivity contribution in [1.82, 2.24) is 4.98 Å². The Balaban J connectivity index is 1.92. The third-order valence-electron chi connectivity index (χ3n) is 5.87. The van der Waals surface area contributed by atoms with Gasteiger partial charge in [-0.2, -0.15) is 0 Å². The number of aromatic nitrogens is 1. The molecule has 0 atom stereocenters. The van der Waals surface area contributed by atoms with Gasteiger partial charge in [0, 0.05) is 23.2 Å². The van der Waals surface area contributed by atoms with Gasteiger partial charge in [0.25, 0.3) is 5.91 Å². The highest BCUT2D eigenvalue weighted by atomic mass is 16.5. The third-order valence-corrected chi connectivity index (χ3v) is 5.87. The summed E-state index contributed by atoms with van der Waals surface area (Å²) in [6.45, 7) is 4.53. The number of anilines is 1. The quantitative estimate of drug-likeness (QED) is 0.346. The molecule has 0 aliphatic rings. The highest BCUT2D eigenvalue weighted by Crippen LogP contribution is 2.41. The molecule has 4 rings (SSSR count). The van der Waals surface area contributed by atoms with Crippen molar-refractivity contribution in [3.05, 3.63) is 77.9 Å². The first-order chi connectivity index (χ1) is 16.5. The Morgan fingerprint density at radius 3 is 2.15 bits per heavy atom. The van der Waals surface area contributed by atoms with Gasteiger partial charge in [-0.15, -0.1) is 0 Å². The number of amides is 1. The van der Waals surface area contributed by atoms with E-state index in [1.165, 1.54) is 0 Å². The smallest absolute Gasteiger partial charge is 0.259 e. The molecule has 1 aromatic heterocycles. The second-order valence-electron chi connectivity index (χ2n) is 7.82. The van der Waals surface area contributed by atoms with Crippen LogP contribution in [0.15, 0.2) is 66.7 Å². The van der Waals surface area contributed by atoms with Gasteiger partial charge >= 0.3 is 0 Å². The van der Waals surface area contributed by atoms with Gasteiger partial charge in [-0.25, -0.2) is 4.98 Å². The Labute approximate surface area is 199 Å². The molecule has 1 amide bonds. The number of aryl methyl sites for hydroxylation is 1. The van der Waals surface area contributed by atoms with E-state index in [2.05, 4.69) is 0 Å².